The maximum absolute atomic E-state index is 12.5. The summed E-state index contributed by atoms with van der Waals surface area (Å²) in [5, 5.41) is 11.0. The Morgan fingerprint density at radius 2 is 1.56 bits per heavy atom. The molecule has 1 aliphatic heterocycles. The summed E-state index contributed by atoms with van der Waals surface area (Å²) < 4.78 is 29.4. The standard InChI is InChI=1S/C15H14N2O7S/c18-14-12-8-1-2-9(7-8)13(12)15(19)16(14)24-25(22,23)11-5-3-10(4-6-11)17(20)21/h3-6,8-9,12-13H,1-2,7H2. The minimum absolute atomic E-state index is 0.113. The van der Waals surface area contributed by atoms with Gasteiger partial charge in [-0.1, -0.05) is 0 Å². The lowest BCUT2D eigenvalue weighted by molar-refractivity contribution is -0.384. The number of hydrogen-bond donors (Lipinski definition) is 0. The van der Waals surface area contributed by atoms with Gasteiger partial charge in [-0.25, -0.2) is 0 Å². The van der Waals surface area contributed by atoms with Crippen molar-refractivity contribution in [2.75, 3.05) is 0 Å². The first-order chi connectivity index (χ1) is 11.8. The number of nitro benzene ring substituents is 1. The average Bonchev–Trinajstić information content (AvgIpc) is 3.25. The molecule has 10 heteroatoms. The van der Waals surface area contributed by atoms with Crippen LogP contribution < -0.4 is 0 Å². The van der Waals surface area contributed by atoms with Crippen molar-refractivity contribution in [1.29, 1.82) is 0 Å². The fourth-order valence-electron chi connectivity index (χ4n) is 4.33. The maximum atomic E-state index is 12.5. The summed E-state index contributed by atoms with van der Waals surface area (Å²) in [5.41, 5.74) is -0.279. The number of hydroxylamine groups is 2. The lowest BCUT2D eigenvalue weighted by Gasteiger charge is -2.18. The van der Waals surface area contributed by atoms with Crippen molar-refractivity contribution in [3.05, 3.63) is 34.4 Å². The van der Waals surface area contributed by atoms with Crippen LogP contribution in [0.25, 0.3) is 0 Å². The van der Waals surface area contributed by atoms with Crippen LogP contribution in [0.3, 0.4) is 0 Å². The molecule has 2 saturated carbocycles. The molecule has 3 aliphatic rings. The molecule has 3 fully saturated rings. The second-order valence-corrected chi connectivity index (χ2v) is 8.16. The predicted octanol–water partition coefficient (Wildman–Crippen LogP) is 1.25. The van der Waals surface area contributed by atoms with E-state index >= 15 is 0 Å². The quantitative estimate of drug-likeness (QED) is 0.446. The van der Waals surface area contributed by atoms with Gasteiger partial charge in [0.25, 0.3) is 17.5 Å². The fraction of sp³-hybridized carbons (Fsp3) is 0.467. The van der Waals surface area contributed by atoms with E-state index < -0.39 is 38.7 Å². The Labute approximate surface area is 142 Å². The monoisotopic (exact) mass is 366 g/mol. The van der Waals surface area contributed by atoms with Gasteiger partial charge in [0.15, 0.2) is 0 Å². The summed E-state index contributed by atoms with van der Waals surface area (Å²) in [7, 11) is -4.44. The van der Waals surface area contributed by atoms with E-state index in [-0.39, 0.29) is 22.4 Å². The molecule has 0 aromatic heterocycles. The lowest BCUT2D eigenvalue weighted by atomic mass is 9.81. The zero-order valence-electron chi connectivity index (χ0n) is 12.9. The van der Waals surface area contributed by atoms with Crippen molar-refractivity contribution in [2.24, 2.45) is 23.7 Å². The molecule has 25 heavy (non-hydrogen) atoms. The molecule has 0 spiro atoms. The molecule has 1 aromatic carbocycles. The van der Waals surface area contributed by atoms with Crippen LogP contribution in [0.5, 0.6) is 0 Å². The normalized spacial score (nSPS) is 30.8. The third-order valence-corrected chi connectivity index (χ3v) is 6.59. The minimum atomic E-state index is -4.44. The SMILES string of the molecule is O=C1C2C3CCC(C3)C2C(=O)N1OS(=O)(=O)c1ccc([N+](=O)[O-])cc1. The van der Waals surface area contributed by atoms with Gasteiger partial charge < -0.3 is 0 Å². The molecule has 2 aliphatic carbocycles. The topological polar surface area (TPSA) is 124 Å². The second-order valence-electron chi connectivity index (χ2n) is 6.64. The Morgan fingerprint density at radius 1 is 1.04 bits per heavy atom. The molecule has 4 unspecified atom stereocenters. The second kappa shape index (κ2) is 5.33. The summed E-state index contributed by atoms with van der Waals surface area (Å²) in [6.07, 6.45) is 2.57. The number of non-ortho nitro benzene ring substituents is 1. The van der Waals surface area contributed by atoms with E-state index in [1.54, 1.807) is 0 Å². The number of nitrogens with zero attached hydrogens (tertiary/aromatic N) is 2. The van der Waals surface area contributed by atoms with Crippen LogP contribution in [-0.2, 0) is 24.0 Å². The van der Waals surface area contributed by atoms with Crippen molar-refractivity contribution >= 4 is 27.6 Å². The van der Waals surface area contributed by atoms with Crippen LogP contribution in [-0.4, -0.2) is 30.2 Å². The molecule has 9 nitrogen and oxygen atoms in total. The zero-order chi connectivity index (χ0) is 17.9. The van der Waals surface area contributed by atoms with Gasteiger partial charge >= 0.3 is 10.1 Å². The molecular weight excluding hydrogens is 352 g/mol. The van der Waals surface area contributed by atoms with Gasteiger partial charge in [0.1, 0.15) is 0 Å². The average molecular weight is 366 g/mol. The highest BCUT2D eigenvalue weighted by Crippen LogP contribution is 2.56. The highest BCUT2D eigenvalue weighted by Gasteiger charge is 2.62. The Kier molecular flexibility index (Phi) is 3.45. The maximum Gasteiger partial charge on any atom is 0.318 e. The number of fused-ring (bicyclic) bond motifs is 5. The molecule has 4 rings (SSSR count). The van der Waals surface area contributed by atoms with Crippen LogP contribution in [0.2, 0.25) is 0 Å². The first-order valence-corrected chi connectivity index (χ1v) is 9.27. The van der Waals surface area contributed by atoms with Crippen LogP contribution in [0, 0.1) is 33.8 Å². The van der Waals surface area contributed by atoms with E-state index in [4.69, 9.17) is 4.28 Å². The highest BCUT2D eigenvalue weighted by atomic mass is 32.2. The first kappa shape index (κ1) is 16.2. The molecule has 1 aromatic rings. The van der Waals surface area contributed by atoms with E-state index in [1.807, 2.05) is 0 Å². The van der Waals surface area contributed by atoms with Gasteiger partial charge in [-0.05, 0) is 43.2 Å². The first-order valence-electron chi connectivity index (χ1n) is 7.86. The van der Waals surface area contributed by atoms with Crippen molar-refractivity contribution in [3.63, 3.8) is 0 Å². The summed E-state index contributed by atoms with van der Waals surface area (Å²) in [4.78, 5) is 34.5. The molecule has 2 bridgehead atoms. The molecule has 4 atom stereocenters. The molecule has 1 heterocycles. The number of carbonyl (C=O) groups excluding carboxylic acids is 2. The Bertz CT molecular complexity index is 852. The number of carbonyl (C=O) groups is 2. The van der Waals surface area contributed by atoms with Gasteiger partial charge in [-0.3, -0.25) is 19.7 Å². The largest absolute Gasteiger partial charge is 0.318 e. The number of amides is 2. The third kappa shape index (κ3) is 2.35. The predicted molar refractivity (Wildman–Crippen MR) is 81.0 cm³/mol. The zero-order valence-corrected chi connectivity index (χ0v) is 13.7. The minimum Gasteiger partial charge on any atom is -0.272 e. The van der Waals surface area contributed by atoms with Crippen LogP contribution in [0.15, 0.2) is 29.2 Å². The van der Waals surface area contributed by atoms with Crippen LogP contribution in [0.1, 0.15) is 19.3 Å². The molecule has 132 valence electrons. The summed E-state index contributed by atoms with van der Waals surface area (Å²) in [6, 6.07) is 4.03. The van der Waals surface area contributed by atoms with Crippen molar-refractivity contribution in [2.45, 2.75) is 24.2 Å². The number of imide groups is 1. The van der Waals surface area contributed by atoms with Gasteiger partial charge in [0, 0.05) is 12.1 Å². The van der Waals surface area contributed by atoms with Gasteiger partial charge in [0.05, 0.1) is 21.7 Å². The summed E-state index contributed by atoms with van der Waals surface area (Å²) in [5.74, 6) is -1.96. The van der Waals surface area contributed by atoms with Crippen molar-refractivity contribution in [3.8, 4) is 0 Å². The molecule has 1 saturated heterocycles. The Hall–Kier alpha value is -2.33. The van der Waals surface area contributed by atoms with E-state index in [0.717, 1.165) is 43.5 Å². The number of benzene rings is 1. The Morgan fingerprint density at radius 3 is 2.04 bits per heavy atom. The third-order valence-electron chi connectivity index (χ3n) is 5.40. The smallest absolute Gasteiger partial charge is 0.272 e. The Balaban J connectivity index is 1.58. The fourth-order valence-corrected chi connectivity index (χ4v) is 5.23. The van der Waals surface area contributed by atoms with E-state index in [0.29, 0.717) is 5.06 Å². The lowest BCUT2D eigenvalue weighted by Crippen LogP contribution is -2.35. The molecule has 0 N–H and O–H groups in total. The molecule has 2 amide bonds. The highest BCUT2D eigenvalue weighted by molar-refractivity contribution is 7.86. The number of rotatable bonds is 4. The van der Waals surface area contributed by atoms with Crippen molar-refractivity contribution in [1.82, 2.24) is 5.06 Å². The van der Waals surface area contributed by atoms with Gasteiger partial charge in [0.2, 0.25) is 0 Å². The van der Waals surface area contributed by atoms with E-state index in [1.165, 1.54) is 0 Å². The van der Waals surface area contributed by atoms with Gasteiger partial charge in [-0.2, -0.15) is 8.42 Å². The van der Waals surface area contributed by atoms with Crippen LogP contribution in [0.4, 0.5) is 5.69 Å². The van der Waals surface area contributed by atoms with Crippen molar-refractivity contribution < 1.29 is 27.2 Å². The molecular formula is C15H14N2O7S. The molecule has 0 radical (unpaired) electrons. The number of nitro groups is 1. The summed E-state index contributed by atoms with van der Waals surface area (Å²) >= 11 is 0. The van der Waals surface area contributed by atoms with Gasteiger partial charge in [-0.15, -0.1) is 9.35 Å². The van der Waals surface area contributed by atoms with E-state index in [2.05, 4.69) is 0 Å². The van der Waals surface area contributed by atoms with E-state index in [9.17, 15) is 28.1 Å². The summed E-state index contributed by atoms with van der Waals surface area (Å²) in [6.45, 7) is 0. The number of hydrogen-bond acceptors (Lipinski definition) is 7. The van der Waals surface area contributed by atoms with Crippen LogP contribution >= 0.6 is 0 Å².